The molecule has 0 fully saturated rings. The second kappa shape index (κ2) is 6.28. The van der Waals surface area contributed by atoms with Crippen molar-refractivity contribution in [3.8, 4) is 11.1 Å². The van der Waals surface area contributed by atoms with Crippen molar-refractivity contribution in [3.05, 3.63) is 40.2 Å². The average Bonchev–Trinajstić information content (AvgIpc) is 2.74. The van der Waals surface area contributed by atoms with Crippen LogP contribution in [0.3, 0.4) is 0 Å². The van der Waals surface area contributed by atoms with Crippen LogP contribution in [0.4, 0.5) is 0 Å². The van der Waals surface area contributed by atoms with Crippen molar-refractivity contribution in [1.82, 2.24) is 9.78 Å². The predicted octanol–water partition coefficient (Wildman–Crippen LogP) is 5.88. The number of hydrogen-bond donors (Lipinski definition) is 0. The minimum atomic E-state index is 0.396. The van der Waals surface area contributed by atoms with E-state index in [0.717, 1.165) is 5.69 Å². The maximum absolute atomic E-state index is 4.76. The number of nitrogens with zero attached hydrogens (tertiary/aromatic N) is 2. The van der Waals surface area contributed by atoms with E-state index in [2.05, 4.69) is 72.2 Å². The normalized spacial score (nSPS) is 13.0. The molecule has 0 bridgehead atoms. The highest BCUT2D eigenvalue weighted by Gasteiger charge is 2.19. The second-order valence-electron chi connectivity index (χ2n) is 6.92. The van der Waals surface area contributed by atoms with Crippen LogP contribution in [-0.4, -0.2) is 9.78 Å². The van der Waals surface area contributed by atoms with Crippen LogP contribution in [0.1, 0.15) is 74.2 Å². The summed E-state index contributed by atoms with van der Waals surface area (Å²) < 4.78 is 2.14. The summed E-state index contributed by atoms with van der Waals surface area (Å²) in [5, 5.41) is 4.76. The quantitative estimate of drug-likeness (QED) is 0.689. The van der Waals surface area contributed by atoms with Crippen molar-refractivity contribution < 1.29 is 0 Å². The summed E-state index contributed by atoms with van der Waals surface area (Å²) >= 11 is 0. The lowest BCUT2D eigenvalue weighted by Crippen LogP contribution is -2.05. The fourth-order valence-electron chi connectivity index (χ4n) is 3.44. The molecule has 2 heteroatoms. The summed E-state index contributed by atoms with van der Waals surface area (Å²) in [5.74, 6) is 0.618. The average molecular weight is 298 g/mol. The van der Waals surface area contributed by atoms with Gasteiger partial charge in [0.1, 0.15) is 0 Å². The van der Waals surface area contributed by atoms with Gasteiger partial charge in [0.05, 0.1) is 5.69 Å². The molecule has 0 saturated carbocycles. The summed E-state index contributed by atoms with van der Waals surface area (Å²) in [4.78, 5) is 0. The van der Waals surface area contributed by atoms with E-state index in [1.807, 2.05) is 0 Å². The van der Waals surface area contributed by atoms with Gasteiger partial charge < -0.3 is 0 Å². The fourth-order valence-corrected chi connectivity index (χ4v) is 3.44. The van der Waals surface area contributed by atoms with Gasteiger partial charge in [-0.1, -0.05) is 26.0 Å². The molecular weight excluding hydrogens is 268 g/mol. The zero-order valence-corrected chi connectivity index (χ0v) is 15.4. The van der Waals surface area contributed by atoms with Crippen LogP contribution in [-0.2, 0) is 0 Å². The maximum Gasteiger partial charge on any atom is 0.0675 e. The Hall–Kier alpha value is -1.57. The number of aryl methyl sites for hydroxylation is 3. The Kier molecular flexibility index (Phi) is 4.79. The zero-order chi connectivity index (χ0) is 16.6. The van der Waals surface area contributed by atoms with Gasteiger partial charge in [-0.05, 0) is 76.1 Å². The lowest BCUT2D eigenvalue weighted by molar-refractivity contribution is 0.516. The highest BCUT2D eigenvalue weighted by molar-refractivity contribution is 5.75. The van der Waals surface area contributed by atoms with E-state index >= 15 is 0 Å². The van der Waals surface area contributed by atoms with Gasteiger partial charge in [0.2, 0.25) is 0 Å². The van der Waals surface area contributed by atoms with Crippen LogP contribution < -0.4 is 0 Å². The van der Waals surface area contributed by atoms with Gasteiger partial charge in [0.15, 0.2) is 0 Å². The molecule has 1 unspecified atom stereocenters. The summed E-state index contributed by atoms with van der Waals surface area (Å²) in [6.07, 6.45) is 1.18. The van der Waals surface area contributed by atoms with Gasteiger partial charge in [0.25, 0.3) is 0 Å². The van der Waals surface area contributed by atoms with Crippen LogP contribution in [0.2, 0.25) is 0 Å². The van der Waals surface area contributed by atoms with E-state index in [-0.39, 0.29) is 0 Å². The highest BCUT2D eigenvalue weighted by Crippen LogP contribution is 2.35. The molecule has 1 aromatic carbocycles. The molecule has 1 atom stereocenters. The zero-order valence-electron chi connectivity index (χ0n) is 15.4. The third-order valence-corrected chi connectivity index (χ3v) is 4.80. The molecule has 0 amide bonds. The van der Waals surface area contributed by atoms with E-state index in [1.54, 1.807) is 0 Å². The van der Waals surface area contributed by atoms with Crippen molar-refractivity contribution in [2.75, 3.05) is 0 Å². The smallest absolute Gasteiger partial charge is 0.0675 e. The van der Waals surface area contributed by atoms with Crippen molar-refractivity contribution in [2.45, 2.75) is 73.8 Å². The molecule has 2 aromatic rings. The van der Waals surface area contributed by atoms with Crippen LogP contribution in [0.5, 0.6) is 0 Å². The molecule has 0 N–H and O–H groups in total. The molecule has 0 aliphatic rings. The molecule has 0 saturated heterocycles. The Bertz CT molecular complexity index is 654. The number of aromatic nitrogens is 2. The second-order valence-corrected chi connectivity index (χ2v) is 6.92. The van der Waals surface area contributed by atoms with Crippen molar-refractivity contribution in [2.24, 2.45) is 0 Å². The minimum Gasteiger partial charge on any atom is -0.266 e. The Morgan fingerprint density at radius 1 is 0.955 bits per heavy atom. The van der Waals surface area contributed by atoms with Crippen LogP contribution in [0, 0.1) is 27.7 Å². The molecule has 0 aliphatic carbocycles. The summed E-state index contributed by atoms with van der Waals surface area (Å²) in [6, 6.07) is 5.12. The first-order chi connectivity index (χ1) is 10.3. The van der Waals surface area contributed by atoms with Crippen molar-refractivity contribution in [3.63, 3.8) is 0 Å². The first-order valence-corrected chi connectivity index (χ1v) is 8.45. The minimum absolute atomic E-state index is 0.396. The molecule has 1 aromatic heterocycles. The summed E-state index contributed by atoms with van der Waals surface area (Å²) in [6.45, 7) is 17.7. The lowest BCUT2D eigenvalue weighted by atomic mass is 9.88. The van der Waals surface area contributed by atoms with Gasteiger partial charge in [-0.25, -0.2) is 0 Å². The lowest BCUT2D eigenvalue weighted by Gasteiger charge is -2.17. The topological polar surface area (TPSA) is 17.8 Å². The van der Waals surface area contributed by atoms with Gasteiger partial charge in [-0.15, -0.1) is 0 Å². The highest BCUT2D eigenvalue weighted by atomic mass is 15.3. The van der Waals surface area contributed by atoms with Gasteiger partial charge in [-0.3, -0.25) is 4.68 Å². The van der Waals surface area contributed by atoms with Gasteiger partial charge in [0, 0.05) is 17.3 Å². The maximum atomic E-state index is 4.76. The summed E-state index contributed by atoms with van der Waals surface area (Å²) in [5.41, 5.74) is 9.28. The third-order valence-electron chi connectivity index (χ3n) is 4.80. The van der Waals surface area contributed by atoms with Crippen LogP contribution >= 0.6 is 0 Å². The van der Waals surface area contributed by atoms with E-state index in [1.165, 1.54) is 39.9 Å². The molecule has 2 nitrogen and oxygen atoms in total. The largest absolute Gasteiger partial charge is 0.266 e. The van der Waals surface area contributed by atoms with E-state index in [9.17, 15) is 0 Å². The van der Waals surface area contributed by atoms with E-state index in [4.69, 9.17) is 5.10 Å². The summed E-state index contributed by atoms with van der Waals surface area (Å²) in [7, 11) is 0. The van der Waals surface area contributed by atoms with Crippen molar-refractivity contribution in [1.29, 1.82) is 0 Å². The molecular formula is C20H30N2. The molecule has 0 radical (unpaired) electrons. The Morgan fingerprint density at radius 2 is 1.50 bits per heavy atom. The fraction of sp³-hybridized carbons (Fsp3) is 0.550. The molecule has 120 valence electrons. The molecule has 2 rings (SSSR count). The first kappa shape index (κ1) is 16.8. The number of hydrogen-bond acceptors (Lipinski definition) is 1. The van der Waals surface area contributed by atoms with Crippen molar-refractivity contribution >= 4 is 0 Å². The standard InChI is InChI=1S/C20H30N2/c1-9-13(4)18-10-14(5)19(15(6)11-18)20-16(7)21-22(12(2)3)17(20)8/h10-13H,9H2,1-8H3. The predicted molar refractivity (Wildman–Crippen MR) is 95.7 cm³/mol. The molecule has 1 heterocycles. The van der Waals surface area contributed by atoms with E-state index in [0.29, 0.717) is 12.0 Å². The van der Waals surface area contributed by atoms with Gasteiger partial charge >= 0.3 is 0 Å². The van der Waals surface area contributed by atoms with E-state index < -0.39 is 0 Å². The molecule has 0 aliphatic heterocycles. The van der Waals surface area contributed by atoms with Gasteiger partial charge in [-0.2, -0.15) is 5.10 Å². The molecule has 0 spiro atoms. The number of benzene rings is 1. The third kappa shape index (κ3) is 2.84. The SMILES string of the molecule is CCC(C)c1cc(C)c(-c2c(C)nn(C(C)C)c2C)c(C)c1. The Balaban J connectivity index is 2.64. The van der Waals surface area contributed by atoms with Crippen LogP contribution in [0.25, 0.3) is 11.1 Å². The monoisotopic (exact) mass is 298 g/mol. The first-order valence-electron chi connectivity index (χ1n) is 8.45. The Labute approximate surface area is 135 Å². The molecule has 22 heavy (non-hydrogen) atoms. The number of rotatable bonds is 4. The Morgan fingerprint density at radius 3 is 1.91 bits per heavy atom. The van der Waals surface area contributed by atoms with Crippen LogP contribution in [0.15, 0.2) is 12.1 Å².